The first-order chi connectivity index (χ1) is 14.0. The van der Waals surface area contributed by atoms with E-state index in [1.807, 2.05) is 26.0 Å². The zero-order valence-electron chi connectivity index (χ0n) is 16.1. The summed E-state index contributed by atoms with van der Waals surface area (Å²) in [6, 6.07) is 14.2. The number of Topliss-reactive ketones (excluding diaryl/α,β-unsaturated/α-hetero) is 1. The Kier molecular flexibility index (Phi) is 5.11. The van der Waals surface area contributed by atoms with Gasteiger partial charge in [-0.15, -0.1) is 0 Å². The molecule has 0 bridgehead atoms. The highest BCUT2D eigenvalue weighted by atomic mass is 35.5. The van der Waals surface area contributed by atoms with Crippen LogP contribution in [0.3, 0.4) is 0 Å². The first kappa shape index (κ1) is 19.2. The van der Waals surface area contributed by atoms with Crippen LogP contribution in [-0.4, -0.2) is 28.1 Å². The third kappa shape index (κ3) is 3.63. The van der Waals surface area contributed by atoms with Crippen LogP contribution in [0.15, 0.2) is 48.5 Å². The van der Waals surface area contributed by atoms with Gasteiger partial charge in [0.15, 0.2) is 5.78 Å². The van der Waals surface area contributed by atoms with Gasteiger partial charge in [-0.05, 0) is 62.4 Å². The Hall–Kier alpha value is -3.12. The van der Waals surface area contributed by atoms with Gasteiger partial charge in [0.2, 0.25) is 5.91 Å². The molecule has 1 unspecified atom stereocenters. The van der Waals surface area contributed by atoms with Gasteiger partial charge in [-0.25, -0.2) is 4.68 Å². The smallest absolute Gasteiger partial charge is 0.226 e. The Labute approximate surface area is 173 Å². The Balaban J connectivity index is 1.73. The molecule has 7 heteroatoms. The number of fused-ring (bicyclic) bond motifs is 1. The van der Waals surface area contributed by atoms with Crippen molar-refractivity contribution in [2.45, 2.75) is 26.2 Å². The van der Waals surface area contributed by atoms with Gasteiger partial charge < -0.3 is 10.1 Å². The maximum absolute atomic E-state index is 13.2. The molecule has 29 heavy (non-hydrogen) atoms. The SMILES string of the molecule is CCOc1ccc(C(=O)C2CC(=O)Nc3c2c(C)nn3-c2ccc(Cl)cc2)cc1. The lowest BCUT2D eigenvalue weighted by molar-refractivity contribution is -0.116. The van der Waals surface area contributed by atoms with Crippen LogP contribution in [0.2, 0.25) is 5.02 Å². The number of anilines is 1. The molecule has 0 spiro atoms. The average molecular weight is 410 g/mol. The molecule has 1 N–H and O–H groups in total. The number of nitrogens with zero attached hydrogens (tertiary/aromatic N) is 2. The third-order valence-electron chi connectivity index (χ3n) is 4.94. The van der Waals surface area contributed by atoms with E-state index < -0.39 is 5.92 Å². The van der Waals surface area contributed by atoms with Crippen molar-refractivity contribution in [2.24, 2.45) is 0 Å². The fourth-order valence-electron chi connectivity index (χ4n) is 3.62. The summed E-state index contributed by atoms with van der Waals surface area (Å²) < 4.78 is 7.09. The number of rotatable bonds is 5. The number of aryl methyl sites for hydroxylation is 1. The van der Waals surface area contributed by atoms with Crippen LogP contribution in [0, 0.1) is 6.92 Å². The molecule has 1 aromatic heterocycles. The van der Waals surface area contributed by atoms with Crippen LogP contribution in [0.25, 0.3) is 5.69 Å². The number of benzene rings is 2. The number of amides is 1. The van der Waals surface area contributed by atoms with Crippen molar-refractivity contribution in [3.63, 3.8) is 0 Å². The second-order valence-electron chi connectivity index (χ2n) is 6.86. The second kappa shape index (κ2) is 7.72. The fraction of sp³-hybridized carbons (Fsp3) is 0.227. The average Bonchev–Trinajstić information content (AvgIpc) is 3.04. The number of hydrogen-bond donors (Lipinski definition) is 1. The van der Waals surface area contributed by atoms with Crippen molar-refractivity contribution in [1.29, 1.82) is 0 Å². The first-order valence-corrected chi connectivity index (χ1v) is 9.78. The molecule has 1 amide bonds. The zero-order chi connectivity index (χ0) is 20.5. The summed E-state index contributed by atoms with van der Waals surface area (Å²) >= 11 is 5.98. The van der Waals surface area contributed by atoms with Crippen molar-refractivity contribution in [1.82, 2.24) is 9.78 Å². The van der Waals surface area contributed by atoms with Gasteiger partial charge in [-0.2, -0.15) is 5.10 Å². The monoisotopic (exact) mass is 409 g/mol. The molecule has 1 aliphatic rings. The topological polar surface area (TPSA) is 73.2 Å². The van der Waals surface area contributed by atoms with Gasteiger partial charge in [0.25, 0.3) is 0 Å². The van der Waals surface area contributed by atoms with Crippen LogP contribution in [0.1, 0.15) is 40.9 Å². The van der Waals surface area contributed by atoms with Crippen molar-refractivity contribution in [3.8, 4) is 11.4 Å². The van der Waals surface area contributed by atoms with E-state index in [9.17, 15) is 9.59 Å². The van der Waals surface area contributed by atoms with Crippen molar-refractivity contribution in [3.05, 3.63) is 70.4 Å². The molecule has 0 saturated carbocycles. The first-order valence-electron chi connectivity index (χ1n) is 9.40. The highest BCUT2D eigenvalue weighted by Crippen LogP contribution is 2.38. The summed E-state index contributed by atoms with van der Waals surface area (Å²) in [6.45, 7) is 4.31. The molecule has 1 atom stereocenters. The zero-order valence-corrected chi connectivity index (χ0v) is 16.9. The van der Waals surface area contributed by atoms with Gasteiger partial charge in [0, 0.05) is 22.6 Å². The highest BCUT2D eigenvalue weighted by Gasteiger charge is 2.36. The Bertz CT molecular complexity index is 1070. The summed E-state index contributed by atoms with van der Waals surface area (Å²) in [5, 5.41) is 8.07. The van der Waals surface area contributed by atoms with E-state index in [1.165, 1.54) is 0 Å². The minimum Gasteiger partial charge on any atom is -0.494 e. The van der Waals surface area contributed by atoms with E-state index in [0.29, 0.717) is 34.5 Å². The Morgan fingerprint density at radius 3 is 2.55 bits per heavy atom. The minimum atomic E-state index is -0.585. The Morgan fingerprint density at radius 1 is 1.21 bits per heavy atom. The lowest BCUT2D eigenvalue weighted by atomic mass is 9.85. The molecule has 0 aliphatic carbocycles. The molecular formula is C22H20ClN3O3. The summed E-state index contributed by atoms with van der Waals surface area (Å²) in [6.07, 6.45) is 0.0895. The standard InChI is InChI=1S/C22H20ClN3O3/c1-3-29-17-10-4-14(5-11-17)21(28)18-12-19(27)24-22-20(18)13(2)25-26(22)16-8-6-15(23)7-9-16/h4-11,18H,3,12H2,1-2H3,(H,24,27). The number of hydrogen-bond acceptors (Lipinski definition) is 4. The molecule has 6 nitrogen and oxygen atoms in total. The van der Waals surface area contributed by atoms with E-state index in [2.05, 4.69) is 10.4 Å². The predicted molar refractivity (Wildman–Crippen MR) is 111 cm³/mol. The van der Waals surface area contributed by atoms with Crippen molar-refractivity contribution < 1.29 is 14.3 Å². The maximum atomic E-state index is 13.2. The van der Waals surface area contributed by atoms with Crippen molar-refractivity contribution in [2.75, 3.05) is 11.9 Å². The molecule has 148 valence electrons. The predicted octanol–water partition coefficient (Wildman–Crippen LogP) is 4.54. The summed E-state index contributed by atoms with van der Waals surface area (Å²) in [5.74, 6) is 0.334. The molecular weight excluding hydrogens is 390 g/mol. The Morgan fingerprint density at radius 2 is 1.90 bits per heavy atom. The summed E-state index contributed by atoms with van der Waals surface area (Å²) in [5.41, 5.74) is 2.75. The quantitative estimate of drug-likeness (QED) is 0.628. The van der Waals surface area contributed by atoms with Gasteiger partial charge in [0.1, 0.15) is 11.6 Å². The molecule has 0 radical (unpaired) electrons. The van der Waals surface area contributed by atoms with E-state index >= 15 is 0 Å². The highest BCUT2D eigenvalue weighted by molar-refractivity contribution is 6.30. The van der Waals surface area contributed by atoms with E-state index in [1.54, 1.807) is 41.1 Å². The molecule has 2 heterocycles. The summed E-state index contributed by atoms with van der Waals surface area (Å²) in [7, 11) is 0. The molecule has 3 aromatic rings. The van der Waals surface area contributed by atoms with Gasteiger partial charge in [0.05, 0.1) is 23.9 Å². The number of aromatic nitrogens is 2. The number of ether oxygens (including phenoxy) is 1. The largest absolute Gasteiger partial charge is 0.494 e. The van der Waals surface area contributed by atoms with Crippen LogP contribution in [0.4, 0.5) is 5.82 Å². The molecule has 4 rings (SSSR count). The number of nitrogens with one attached hydrogen (secondary N) is 1. The lowest BCUT2D eigenvalue weighted by Gasteiger charge is -2.23. The van der Waals surface area contributed by atoms with E-state index in [-0.39, 0.29) is 18.1 Å². The molecule has 2 aromatic carbocycles. The lowest BCUT2D eigenvalue weighted by Crippen LogP contribution is -2.28. The normalized spacial score (nSPS) is 15.6. The van der Waals surface area contributed by atoms with Crippen LogP contribution < -0.4 is 10.1 Å². The van der Waals surface area contributed by atoms with Crippen LogP contribution in [0.5, 0.6) is 5.75 Å². The molecule has 1 aliphatic heterocycles. The second-order valence-corrected chi connectivity index (χ2v) is 7.30. The van der Waals surface area contributed by atoms with E-state index in [0.717, 1.165) is 11.3 Å². The number of carbonyl (C=O) groups excluding carboxylic acids is 2. The van der Waals surface area contributed by atoms with Crippen LogP contribution in [-0.2, 0) is 4.79 Å². The molecule has 0 saturated heterocycles. The van der Waals surface area contributed by atoms with Crippen molar-refractivity contribution >= 4 is 29.1 Å². The van der Waals surface area contributed by atoms with E-state index in [4.69, 9.17) is 16.3 Å². The van der Waals surface area contributed by atoms with Gasteiger partial charge >= 0.3 is 0 Å². The number of carbonyl (C=O) groups is 2. The summed E-state index contributed by atoms with van der Waals surface area (Å²) in [4.78, 5) is 25.7. The number of halogens is 1. The van der Waals surface area contributed by atoms with Gasteiger partial charge in [-0.3, -0.25) is 9.59 Å². The minimum absolute atomic E-state index is 0.0895. The number of ketones is 1. The maximum Gasteiger partial charge on any atom is 0.226 e. The fourth-order valence-corrected chi connectivity index (χ4v) is 3.75. The van der Waals surface area contributed by atoms with Gasteiger partial charge in [-0.1, -0.05) is 11.6 Å². The molecule has 0 fully saturated rings. The third-order valence-corrected chi connectivity index (χ3v) is 5.19. The van der Waals surface area contributed by atoms with Crippen LogP contribution >= 0.6 is 11.6 Å².